The lowest BCUT2D eigenvalue weighted by Crippen LogP contribution is -2.32. The minimum atomic E-state index is 0.181. The number of amides is 1. The van der Waals surface area contributed by atoms with Crippen LogP contribution in [-0.4, -0.2) is 24.4 Å². The fourth-order valence-corrected chi connectivity index (χ4v) is 2.52. The Labute approximate surface area is 75.8 Å². The maximum absolute atomic E-state index is 11.6. The number of hydrogen-bond donors (Lipinski definition) is 0. The Morgan fingerprint density at radius 1 is 1.58 bits per heavy atom. The molecule has 2 rings (SSSR count). The molecule has 2 heterocycles. The molecule has 1 aliphatic rings. The maximum Gasteiger partial charge on any atom is 0.254 e. The monoisotopic (exact) mass is 181 g/mol. The molecule has 0 radical (unpaired) electrons. The number of hydrogen-bond acceptors (Lipinski definition) is 2. The zero-order valence-corrected chi connectivity index (χ0v) is 8.07. The summed E-state index contributed by atoms with van der Waals surface area (Å²) in [4.78, 5) is 15.8. The molecule has 0 saturated heterocycles. The van der Waals surface area contributed by atoms with Crippen LogP contribution in [0.25, 0.3) is 0 Å². The Morgan fingerprint density at radius 3 is 3.08 bits per heavy atom. The summed E-state index contributed by atoms with van der Waals surface area (Å²) < 4.78 is 0. The minimum Gasteiger partial charge on any atom is -0.341 e. The molecule has 0 N–H and O–H groups in total. The fraction of sp³-hybridized carbons (Fsp3) is 0.444. The van der Waals surface area contributed by atoms with Crippen molar-refractivity contribution in [2.24, 2.45) is 0 Å². The highest BCUT2D eigenvalue weighted by molar-refractivity contribution is 7.12. The number of carbonyl (C=O) groups is 1. The predicted octanol–water partition coefficient (Wildman–Crippen LogP) is 1.68. The average molecular weight is 181 g/mol. The van der Waals surface area contributed by atoms with Gasteiger partial charge in [-0.2, -0.15) is 0 Å². The molecule has 64 valence electrons. The first kappa shape index (κ1) is 7.80. The molecule has 0 unspecified atom stereocenters. The molecule has 1 amide bonds. The van der Waals surface area contributed by atoms with Crippen molar-refractivity contribution in [3.63, 3.8) is 0 Å². The van der Waals surface area contributed by atoms with E-state index < -0.39 is 0 Å². The number of rotatable bonds is 0. The molecular formula is C9H11NOS. The second-order valence-corrected chi connectivity index (χ2v) is 4.51. The lowest BCUT2D eigenvalue weighted by Gasteiger charge is -2.21. The summed E-state index contributed by atoms with van der Waals surface area (Å²) in [5.74, 6) is 0.181. The first-order chi connectivity index (χ1) is 5.68. The Morgan fingerprint density at radius 2 is 2.33 bits per heavy atom. The maximum atomic E-state index is 11.6. The van der Waals surface area contributed by atoms with Crippen LogP contribution in [0.4, 0.5) is 0 Å². The average Bonchev–Trinajstić information content (AvgIpc) is 2.39. The highest BCUT2D eigenvalue weighted by Crippen LogP contribution is 2.26. The van der Waals surface area contributed by atoms with Gasteiger partial charge in [-0.1, -0.05) is 0 Å². The van der Waals surface area contributed by atoms with E-state index in [0.717, 1.165) is 18.5 Å². The van der Waals surface area contributed by atoms with Crippen molar-refractivity contribution in [1.29, 1.82) is 0 Å². The molecule has 1 aliphatic heterocycles. The van der Waals surface area contributed by atoms with Gasteiger partial charge < -0.3 is 4.90 Å². The number of fused-ring (bicyclic) bond motifs is 1. The minimum absolute atomic E-state index is 0.181. The molecule has 1 aromatic rings. The summed E-state index contributed by atoms with van der Waals surface area (Å²) in [5.41, 5.74) is 0.922. The van der Waals surface area contributed by atoms with E-state index in [0.29, 0.717) is 0 Å². The van der Waals surface area contributed by atoms with E-state index in [1.54, 1.807) is 16.2 Å². The smallest absolute Gasteiger partial charge is 0.254 e. The summed E-state index contributed by atoms with van der Waals surface area (Å²) in [7, 11) is 1.86. The van der Waals surface area contributed by atoms with E-state index in [4.69, 9.17) is 0 Å². The largest absolute Gasteiger partial charge is 0.341 e. The lowest BCUT2D eigenvalue weighted by atomic mass is 10.1. The first-order valence-electron chi connectivity index (χ1n) is 4.03. The van der Waals surface area contributed by atoms with E-state index in [2.05, 4.69) is 6.92 Å². The van der Waals surface area contributed by atoms with E-state index in [-0.39, 0.29) is 5.91 Å². The molecule has 0 aliphatic carbocycles. The van der Waals surface area contributed by atoms with Crippen LogP contribution < -0.4 is 0 Å². The normalized spacial score (nSPS) is 16.5. The molecule has 2 nitrogen and oxygen atoms in total. The van der Waals surface area contributed by atoms with Crippen molar-refractivity contribution in [2.75, 3.05) is 13.6 Å². The van der Waals surface area contributed by atoms with Crippen LogP contribution in [0.2, 0.25) is 0 Å². The van der Waals surface area contributed by atoms with Gasteiger partial charge in [-0.15, -0.1) is 11.3 Å². The van der Waals surface area contributed by atoms with Gasteiger partial charge in [-0.3, -0.25) is 4.79 Å². The van der Waals surface area contributed by atoms with Crippen LogP contribution >= 0.6 is 11.3 Å². The molecule has 3 heteroatoms. The zero-order valence-electron chi connectivity index (χ0n) is 7.26. The highest BCUT2D eigenvalue weighted by atomic mass is 32.1. The third kappa shape index (κ3) is 1.05. The van der Waals surface area contributed by atoms with Crippen LogP contribution in [0, 0.1) is 6.92 Å². The van der Waals surface area contributed by atoms with Crippen LogP contribution in [0.1, 0.15) is 20.1 Å². The molecule has 0 spiro atoms. The number of carbonyl (C=O) groups excluding carboxylic acids is 1. The number of nitrogens with zero attached hydrogens (tertiary/aromatic N) is 1. The molecule has 0 bridgehead atoms. The van der Waals surface area contributed by atoms with Crippen molar-refractivity contribution < 1.29 is 4.79 Å². The Balaban J connectivity index is 2.48. The molecule has 0 atom stereocenters. The summed E-state index contributed by atoms with van der Waals surface area (Å²) in [6.45, 7) is 2.92. The fourth-order valence-electron chi connectivity index (χ4n) is 1.51. The van der Waals surface area contributed by atoms with Crippen molar-refractivity contribution in [2.45, 2.75) is 13.3 Å². The zero-order chi connectivity index (χ0) is 8.72. The van der Waals surface area contributed by atoms with Gasteiger partial charge in [0, 0.05) is 29.8 Å². The van der Waals surface area contributed by atoms with Crippen molar-refractivity contribution in [3.8, 4) is 0 Å². The third-order valence-corrected chi connectivity index (χ3v) is 3.29. The van der Waals surface area contributed by atoms with E-state index in [9.17, 15) is 4.79 Å². The van der Waals surface area contributed by atoms with Gasteiger partial charge >= 0.3 is 0 Å². The van der Waals surface area contributed by atoms with Crippen molar-refractivity contribution in [3.05, 3.63) is 21.4 Å². The van der Waals surface area contributed by atoms with E-state index in [1.807, 2.05) is 13.1 Å². The predicted molar refractivity (Wildman–Crippen MR) is 49.7 cm³/mol. The van der Waals surface area contributed by atoms with Gasteiger partial charge in [-0.05, 0) is 13.0 Å². The SMILES string of the molecule is Cc1cc2c(s1)CCN(C)C2=O. The number of likely N-dealkylation sites (N-methyl/N-ethyl adjacent to an activating group) is 1. The van der Waals surface area contributed by atoms with Crippen LogP contribution in [-0.2, 0) is 6.42 Å². The Bertz CT molecular complexity index is 329. The van der Waals surface area contributed by atoms with Gasteiger partial charge in [0.2, 0.25) is 0 Å². The van der Waals surface area contributed by atoms with Crippen molar-refractivity contribution in [1.82, 2.24) is 4.90 Å². The highest BCUT2D eigenvalue weighted by Gasteiger charge is 2.22. The molecule has 0 aromatic carbocycles. The van der Waals surface area contributed by atoms with Crippen molar-refractivity contribution >= 4 is 17.2 Å². The molecule has 0 saturated carbocycles. The lowest BCUT2D eigenvalue weighted by molar-refractivity contribution is 0.0782. The van der Waals surface area contributed by atoms with Gasteiger partial charge in [0.05, 0.1) is 5.56 Å². The molecule has 1 aromatic heterocycles. The van der Waals surface area contributed by atoms with E-state index >= 15 is 0 Å². The third-order valence-electron chi connectivity index (χ3n) is 2.18. The van der Waals surface area contributed by atoms with Crippen LogP contribution in [0.5, 0.6) is 0 Å². The standard InChI is InChI=1S/C9H11NOS/c1-6-5-7-8(12-6)3-4-10(2)9(7)11/h5H,3-4H2,1-2H3. The number of aryl methyl sites for hydroxylation is 1. The summed E-state index contributed by atoms with van der Waals surface area (Å²) in [6.07, 6.45) is 1.02. The number of thiophene rings is 1. The topological polar surface area (TPSA) is 20.3 Å². The van der Waals surface area contributed by atoms with Gasteiger partial charge in [0.1, 0.15) is 0 Å². The second-order valence-electron chi connectivity index (χ2n) is 3.17. The van der Waals surface area contributed by atoms with Gasteiger partial charge in [0.25, 0.3) is 5.91 Å². The molecule has 0 fully saturated rings. The van der Waals surface area contributed by atoms with Crippen LogP contribution in [0.3, 0.4) is 0 Å². The summed E-state index contributed by atoms with van der Waals surface area (Å²) in [6, 6.07) is 2.00. The van der Waals surface area contributed by atoms with E-state index in [1.165, 1.54) is 9.75 Å². The second kappa shape index (κ2) is 2.59. The van der Waals surface area contributed by atoms with Gasteiger partial charge in [0.15, 0.2) is 0 Å². The Hall–Kier alpha value is -0.830. The summed E-state index contributed by atoms with van der Waals surface area (Å²) >= 11 is 1.75. The quantitative estimate of drug-likeness (QED) is 0.596. The first-order valence-corrected chi connectivity index (χ1v) is 4.85. The van der Waals surface area contributed by atoms with Crippen LogP contribution in [0.15, 0.2) is 6.07 Å². The Kier molecular flexibility index (Phi) is 1.68. The van der Waals surface area contributed by atoms with Gasteiger partial charge in [-0.25, -0.2) is 0 Å². The molecule has 12 heavy (non-hydrogen) atoms. The summed E-state index contributed by atoms with van der Waals surface area (Å²) in [5, 5.41) is 0. The molecular weight excluding hydrogens is 170 g/mol.